The molecule has 0 aliphatic carbocycles. The molecule has 0 unspecified atom stereocenters. The van der Waals surface area contributed by atoms with Crippen LogP contribution in [0.15, 0.2) is 29.2 Å². The maximum Gasteiger partial charge on any atom is 0.310 e. The zero-order chi connectivity index (χ0) is 19.9. The summed E-state index contributed by atoms with van der Waals surface area (Å²) in [7, 11) is 2.22. The second kappa shape index (κ2) is 14.0. The van der Waals surface area contributed by atoms with Crippen LogP contribution in [0.1, 0.15) is 27.2 Å². The average molecular weight is 408 g/mol. The van der Waals surface area contributed by atoms with E-state index < -0.39 is 21.4 Å². The highest BCUT2D eigenvalue weighted by molar-refractivity contribution is 8.77. The molecule has 0 N–H and O–H groups in total. The van der Waals surface area contributed by atoms with Crippen molar-refractivity contribution >= 4 is 27.6 Å². The molecule has 0 atom stereocenters. The third-order valence-electron chi connectivity index (χ3n) is 2.37. The fraction of sp³-hybridized carbons (Fsp3) is 0.500. The van der Waals surface area contributed by atoms with E-state index in [1.165, 1.54) is 0 Å². The molecule has 0 radical (unpaired) electrons. The molecule has 0 heterocycles. The normalized spacial score (nSPS) is 9.69. The first-order chi connectivity index (χ1) is 12.4. The lowest BCUT2D eigenvalue weighted by Gasteiger charge is -2.14. The molecular formula is C14H20N2O8S2. The molecule has 0 saturated heterocycles. The van der Waals surface area contributed by atoms with Crippen molar-refractivity contribution < 1.29 is 29.4 Å². The van der Waals surface area contributed by atoms with Gasteiger partial charge in [0.15, 0.2) is 0 Å². The first-order valence-electron chi connectivity index (χ1n) is 7.60. The average Bonchev–Trinajstić information content (AvgIpc) is 2.63. The van der Waals surface area contributed by atoms with Crippen molar-refractivity contribution in [2.75, 3.05) is 13.2 Å². The molecule has 10 nitrogen and oxygen atoms in total. The predicted octanol–water partition coefficient (Wildman–Crippen LogP) is 3.55. The minimum atomic E-state index is -0.985. The Kier molecular flexibility index (Phi) is 12.8. The highest BCUT2D eigenvalue weighted by Crippen LogP contribution is 2.40. The van der Waals surface area contributed by atoms with Gasteiger partial charge in [0.25, 0.3) is 10.2 Å². The van der Waals surface area contributed by atoms with Crippen molar-refractivity contribution in [3.8, 4) is 5.75 Å². The smallest absolute Gasteiger partial charge is 0.310 e. The zero-order valence-corrected chi connectivity index (χ0v) is 16.1. The van der Waals surface area contributed by atoms with E-state index in [1.807, 2.05) is 13.8 Å². The largest absolute Gasteiger partial charge is 0.425 e. The van der Waals surface area contributed by atoms with E-state index in [4.69, 9.17) is 4.74 Å². The van der Waals surface area contributed by atoms with Crippen molar-refractivity contribution in [2.24, 2.45) is 0 Å². The second-order valence-electron chi connectivity index (χ2n) is 4.11. The third kappa shape index (κ3) is 10.6. The minimum absolute atomic E-state index is 0.210. The van der Waals surface area contributed by atoms with Gasteiger partial charge >= 0.3 is 5.97 Å². The van der Waals surface area contributed by atoms with Crippen molar-refractivity contribution in [2.45, 2.75) is 37.3 Å². The maximum atomic E-state index is 11.4. The maximum absolute atomic E-state index is 11.4. The number of esters is 1. The van der Waals surface area contributed by atoms with Gasteiger partial charge in [-0.25, -0.2) is 0 Å². The summed E-state index contributed by atoms with van der Waals surface area (Å²) in [6.07, 6.45) is 0.210. The van der Waals surface area contributed by atoms with E-state index in [0.717, 1.165) is 21.6 Å². The topological polar surface area (TPSA) is 131 Å². The number of para-hydroxylation sites is 1. The monoisotopic (exact) mass is 408 g/mol. The molecule has 0 aliphatic heterocycles. The number of hydrogen-bond donors (Lipinski definition) is 0. The van der Waals surface area contributed by atoms with Crippen molar-refractivity contribution in [3.63, 3.8) is 0 Å². The molecule has 1 aromatic carbocycles. The van der Waals surface area contributed by atoms with Crippen molar-refractivity contribution in [1.29, 1.82) is 0 Å². The van der Waals surface area contributed by atoms with E-state index in [2.05, 4.69) is 9.68 Å². The summed E-state index contributed by atoms with van der Waals surface area (Å²) in [6.45, 7) is 4.90. The van der Waals surface area contributed by atoms with Gasteiger partial charge in [-0.1, -0.05) is 54.5 Å². The zero-order valence-electron chi connectivity index (χ0n) is 14.5. The number of nitrogens with zero attached hydrogens (tertiary/aromatic N) is 2. The van der Waals surface area contributed by atoms with Gasteiger partial charge in [0.05, 0.1) is 10.1 Å². The summed E-state index contributed by atoms with van der Waals surface area (Å²) in [5.41, 5.74) is 0. The van der Waals surface area contributed by atoms with Gasteiger partial charge in [-0.15, -0.1) is 20.2 Å². The minimum Gasteiger partial charge on any atom is -0.425 e. The Hall–Kier alpha value is -2.21. The fourth-order valence-corrected chi connectivity index (χ4v) is 3.57. The molecule has 146 valence electrons. The molecule has 26 heavy (non-hydrogen) atoms. The Morgan fingerprint density at radius 1 is 1.12 bits per heavy atom. The predicted molar refractivity (Wildman–Crippen MR) is 96.8 cm³/mol. The Balaban J connectivity index is 0.00000301. The summed E-state index contributed by atoms with van der Waals surface area (Å²) in [5, 5.41) is 17.9. The van der Waals surface area contributed by atoms with Crippen LogP contribution in [-0.2, 0) is 14.5 Å². The van der Waals surface area contributed by atoms with Crippen LogP contribution in [-0.4, -0.2) is 34.6 Å². The van der Waals surface area contributed by atoms with Gasteiger partial charge in [-0.05, 0) is 12.1 Å². The number of benzene rings is 1. The second-order valence-corrected chi connectivity index (χ2v) is 6.66. The van der Waals surface area contributed by atoms with E-state index in [0.29, 0.717) is 10.6 Å². The molecular weight excluding hydrogens is 388 g/mol. The van der Waals surface area contributed by atoms with Crippen LogP contribution in [0.2, 0.25) is 0 Å². The Labute approximate surface area is 158 Å². The molecule has 0 aliphatic rings. The van der Waals surface area contributed by atoms with E-state index >= 15 is 0 Å². The molecule has 12 heteroatoms. The first-order valence-corrected chi connectivity index (χ1v) is 9.81. The summed E-state index contributed by atoms with van der Waals surface area (Å²) in [6, 6.07) is 6.71. The van der Waals surface area contributed by atoms with Crippen LogP contribution < -0.4 is 4.74 Å². The summed E-state index contributed by atoms with van der Waals surface area (Å²) < 4.78 is 5.17. The van der Waals surface area contributed by atoms with Crippen molar-refractivity contribution in [1.82, 2.24) is 0 Å². The standard InChI is InChI=1S/C12H14N2O8S2.C2H6/c1-2-12(15)22-10-5-3-4-6-11(10)24-23-9(7-20-13(16)17)8-21-14(18)19;1-2/h3-6,9H,2,7-8H2,1H3;1-2H3. The lowest BCUT2D eigenvalue weighted by atomic mass is 10.3. The Morgan fingerprint density at radius 2 is 1.65 bits per heavy atom. The Morgan fingerprint density at radius 3 is 2.15 bits per heavy atom. The fourth-order valence-electron chi connectivity index (χ4n) is 1.31. The highest BCUT2D eigenvalue weighted by atomic mass is 33.1. The first kappa shape index (κ1) is 23.8. The number of hydrogen-bond acceptors (Lipinski definition) is 10. The Bertz CT molecular complexity index is 570. The van der Waals surface area contributed by atoms with Crippen LogP contribution in [0, 0.1) is 20.2 Å². The number of rotatable bonds is 11. The molecule has 1 aromatic rings. The number of ether oxygens (including phenoxy) is 1. The molecule has 0 spiro atoms. The molecule has 0 aromatic heterocycles. The summed E-state index contributed by atoms with van der Waals surface area (Å²) in [5.74, 6) is -0.0658. The molecule has 0 amide bonds. The van der Waals surface area contributed by atoms with Crippen LogP contribution >= 0.6 is 21.6 Å². The van der Waals surface area contributed by atoms with Gasteiger partial charge in [-0.2, -0.15) is 0 Å². The SMILES string of the molecule is CC.CCC(=O)Oc1ccccc1SSC(CO[N+](=O)[O-])CO[N+](=O)[O-]. The molecule has 0 saturated carbocycles. The lowest BCUT2D eigenvalue weighted by molar-refractivity contribution is -0.765. The van der Waals surface area contributed by atoms with E-state index in [-0.39, 0.29) is 19.6 Å². The third-order valence-corrected chi connectivity index (χ3v) is 5.17. The highest BCUT2D eigenvalue weighted by Gasteiger charge is 2.17. The van der Waals surface area contributed by atoms with Crippen molar-refractivity contribution in [3.05, 3.63) is 44.5 Å². The van der Waals surface area contributed by atoms with Gasteiger partial charge in [0.1, 0.15) is 19.0 Å². The van der Waals surface area contributed by atoms with Crippen LogP contribution in [0.3, 0.4) is 0 Å². The lowest BCUT2D eigenvalue weighted by Crippen LogP contribution is -2.21. The van der Waals surface area contributed by atoms with Gasteiger partial charge < -0.3 is 14.4 Å². The van der Waals surface area contributed by atoms with Gasteiger partial charge in [0.2, 0.25) is 0 Å². The molecule has 1 rings (SSSR count). The number of carbonyl (C=O) groups excluding carboxylic acids is 1. The molecule has 0 bridgehead atoms. The van der Waals surface area contributed by atoms with E-state index in [1.54, 1.807) is 31.2 Å². The van der Waals surface area contributed by atoms with Gasteiger partial charge in [-0.3, -0.25) is 4.79 Å². The van der Waals surface area contributed by atoms with Gasteiger partial charge in [0, 0.05) is 6.42 Å². The van der Waals surface area contributed by atoms with Crippen LogP contribution in [0.5, 0.6) is 5.75 Å². The molecule has 0 fully saturated rings. The quantitative estimate of drug-likeness (QED) is 0.176. The van der Waals surface area contributed by atoms with Crippen LogP contribution in [0.25, 0.3) is 0 Å². The van der Waals surface area contributed by atoms with E-state index in [9.17, 15) is 25.0 Å². The summed E-state index contributed by atoms with van der Waals surface area (Å²) in [4.78, 5) is 41.0. The van der Waals surface area contributed by atoms with Crippen LogP contribution in [0.4, 0.5) is 0 Å². The number of carbonyl (C=O) groups is 1. The summed E-state index contributed by atoms with van der Waals surface area (Å²) >= 11 is 0.